The van der Waals surface area contributed by atoms with Crippen LogP contribution in [-0.4, -0.2) is 20.2 Å². The van der Waals surface area contributed by atoms with E-state index in [1.807, 2.05) is 0 Å². The first-order chi connectivity index (χ1) is 8.02. The number of halogens is 3. The number of aromatic nitrogens is 4. The van der Waals surface area contributed by atoms with E-state index < -0.39 is 17.0 Å². The second-order valence-corrected chi connectivity index (χ2v) is 4.25. The van der Waals surface area contributed by atoms with Crippen LogP contribution in [0, 0.1) is 18.6 Å². The summed E-state index contributed by atoms with van der Waals surface area (Å²) in [7, 11) is 0. The standard InChI is InChI=1S/C10H9ClF2N4/c1-5-3-4-7(12)9(8(5)13)17-10(6(2)11)14-15-16-17/h3-4,6H,1-2H3. The van der Waals surface area contributed by atoms with Crippen LogP contribution in [0.15, 0.2) is 12.1 Å². The molecule has 7 heteroatoms. The Balaban J connectivity index is 2.68. The van der Waals surface area contributed by atoms with Crippen molar-refractivity contribution in [3.63, 3.8) is 0 Å². The van der Waals surface area contributed by atoms with E-state index in [-0.39, 0.29) is 11.5 Å². The van der Waals surface area contributed by atoms with Crippen LogP contribution >= 0.6 is 11.6 Å². The molecule has 0 bridgehead atoms. The van der Waals surface area contributed by atoms with Crippen LogP contribution in [0.5, 0.6) is 0 Å². The van der Waals surface area contributed by atoms with Crippen LogP contribution in [0.25, 0.3) is 5.69 Å². The van der Waals surface area contributed by atoms with Crippen molar-refractivity contribution in [1.29, 1.82) is 0 Å². The van der Waals surface area contributed by atoms with Crippen molar-refractivity contribution in [2.45, 2.75) is 19.2 Å². The summed E-state index contributed by atoms with van der Waals surface area (Å²) in [6.07, 6.45) is 0. The number of tetrazole rings is 1. The van der Waals surface area contributed by atoms with Gasteiger partial charge in [0.2, 0.25) is 0 Å². The molecule has 2 rings (SSSR count). The van der Waals surface area contributed by atoms with Crippen LogP contribution < -0.4 is 0 Å². The van der Waals surface area contributed by atoms with Gasteiger partial charge in [0.05, 0.1) is 5.38 Å². The average Bonchev–Trinajstić information content (AvgIpc) is 2.73. The van der Waals surface area contributed by atoms with Gasteiger partial charge < -0.3 is 0 Å². The fourth-order valence-corrected chi connectivity index (χ4v) is 1.57. The van der Waals surface area contributed by atoms with Gasteiger partial charge in [0, 0.05) is 0 Å². The number of rotatable bonds is 2. The first kappa shape index (κ1) is 11.9. The molecule has 0 N–H and O–H groups in total. The maximum Gasteiger partial charge on any atom is 0.174 e. The lowest BCUT2D eigenvalue weighted by Gasteiger charge is -2.09. The largest absolute Gasteiger partial charge is 0.204 e. The molecular formula is C10H9ClF2N4. The lowest BCUT2D eigenvalue weighted by Crippen LogP contribution is -2.09. The van der Waals surface area contributed by atoms with Gasteiger partial charge in [0.1, 0.15) is 5.69 Å². The minimum Gasteiger partial charge on any atom is -0.204 e. The van der Waals surface area contributed by atoms with Gasteiger partial charge in [-0.25, -0.2) is 8.78 Å². The second kappa shape index (κ2) is 4.37. The fourth-order valence-electron chi connectivity index (χ4n) is 1.44. The molecule has 90 valence electrons. The SMILES string of the molecule is Cc1ccc(F)c(-n2nnnc2C(C)Cl)c1F. The Morgan fingerprint density at radius 1 is 1.35 bits per heavy atom. The third-order valence-electron chi connectivity index (χ3n) is 2.32. The van der Waals surface area contributed by atoms with Crippen molar-refractivity contribution in [2.75, 3.05) is 0 Å². The summed E-state index contributed by atoms with van der Waals surface area (Å²) in [6.45, 7) is 3.15. The van der Waals surface area contributed by atoms with Crippen LogP contribution in [-0.2, 0) is 0 Å². The number of alkyl halides is 1. The monoisotopic (exact) mass is 258 g/mol. The van der Waals surface area contributed by atoms with Crippen LogP contribution in [0.1, 0.15) is 23.7 Å². The maximum atomic E-state index is 13.9. The highest BCUT2D eigenvalue weighted by molar-refractivity contribution is 6.20. The Morgan fingerprint density at radius 3 is 2.71 bits per heavy atom. The van der Waals surface area contributed by atoms with Gasteiger partial charge in [-0.1, -0.05) is 6.07 Å². The molecule has 1 aromatic carbocycles. The van der Waals surface area contributed by atoms with Crippen LogP contribution in [0.4, 0.5) is 8.78 Å². The normalized spacial score (nSPS) is 12.8. The minimum atomic E-state index is -0.737. The van der Waals surface area contributed by atoms with E-state index in [0.29, 0.717) is 5.56 Å². The summed E-state index contributed by atoms with van der Waals surface area (Å²) in [5.74, 6) is -1.25. The molecule has 2 aromatic rings. The summed E-state index contributed by atoms with van der Waals surface area (Å²) in [5.41, 5.74) is 0.00238. The molecule has 0 saturated heterocycles. The van der Waals surface area contributed by atoms with Gasteiger partial charge in [-0.15, -0.1) is 16.7 Å². The van der Waals surface area contributed by atoms with Crippen molar-refractivity contribution in [3.8, 4) is 5.69 Å². The number of benzene rings is 1. The summed E-state index contributed by atoms with van der Waals surface area (Å²) >= 11 is 5.84. The molecule has 0 aliphatic carbocycles. The zero-order chi connectivity index (χ0) is 12.6. The lowest BCUT2D eigenvalue weighted by atomic mass is 10.2. The molecule has 0 radical (unpaired) electrons. The molecule has 0 fully saturated rings. The van der Waals surface area contributed by atoms with Crippen molar-refractivity contribution in [3.05, 3.63) is 35.2 Å². The van der Waals surface area contributed by atoms with Crippen molar-refractivity contribution in [1.82, 2.24) is 20.2 Å². The number of nitrogens with zero attached hydrogens (tertiary/aromatic N) is 4. The highest BCUT2D eigenvalue weighted by Gasteiger charge is 2.20. The Hall–Kier alpha value is -1.56. The molecule has 0 saturated carbocycles. The molecule has 1 atom stereocenters. The highest BCUT2D eigenvalue weighted by Crippen LogP contribution is 2.24. The summed E-state index contributed by atoms with van der Waals surface area (Å²) < 4.78 is 28.5. The predicted octanol–water partition coefficient (Wildman–Crippen LogP) is 2.55. The zero-order valence-electron chi connectivity index (χ0n) is 9.15. The van der Waals surface area contributed by atoms with Crippen LogP contribution in [0.2, 0.25) is 0 Å². The van der Waals surface area contributed by atoms with Gasteiger partial charge in [-0.05, 0) is 35.9 Å². The van der Waals surface area contributed by atoms with E-state index in [0.717, 1.165) is 10.7 Å². The Bertz CT molecular complexity index is 553. The molecule has 0 amide bonds. The molecule has 1 unspecified atom stereocenters. The smallest absolute Gasteiger partial charge is 0.174 e. The van der Waals surface area contributed by atoms with E-state index in [2.05, 4.69) is 15.5 Å². The molecule has 0 spiro atoms. The third kappa shape index (κ3) is 2.00. The highest BCUT2D eigenvalue weighted by atomic mass is 35.5. The lowest BCUT2D eigenvalue weighted by molar-refractivity contribution is 0.546. The van der Waals surface area contributed by atoms with Crippen molar-refractivity contribution >= 4 is 11.6 Å². The minimum absolute atomic E-state index is 0.190. The Labute approximate surface area is 101 Å². The van der Waals surface area contributed by atoms with Crippen molar-refractivity contribution in [2.24, 2.45) is 0 Å². The predicted molar refractivity (Wildman–Crippen MR) is 58.1 cm³/mol. The first-order valence-electron chi connectivity index (χ1n) is 4.89. The Morgan fingerprint density at radius 2 is 2.06 bits per heavy atom. The van der Waals surface area contributed by atoms with E-state index in [1.165, 1.54) is 13.0 Å². The van der Waals surface area contributed by atoms with E-state index in [4.69, 9.17) is 11.6 Å². The summed E-state index contributed by atoms with van der Waals surface area (Å²) in [4.78, 5) is 0. The van der Waals surface area contributed by atoms with Crippen LogP contribution in [0.3, 0.4) is 0 Å². The number of hydrogen-bond donors (Lipinski definition) is 0. The fraction of sp³-hybridized carbons (Fsp3) is 0.300. The summed E-state index contributed by atoms with van der Waals surface area (Å²) in [5, 5.41) is 10.0. The quantitative estimate of drug-likeness (QED) is 0.778. The van der Waals surface area contributed by atoms with E-state index in [9.17, 15) is 8.78 Å². The number of hydrogen-bond acceptors (Lipinski definition) is 3. The van der Waals surface area contributed by atoms with Gasteiger partial charge >= 0.3 is 0 Å². The molecular weight excluding hydrogens is 250 g/mol. The van der Waals surface area contributed by atoms with Crippen molar-refractivity contribution < 1.29 is 8.78 Å². The molecule has 4 nitrogen and oxygen atoms in total. The van der Waals surface area contributed by atoms with E-state index in [1.54, 1.807) is 6.92 Å². The van der Waals surface area contributed by atoms with Gasteiger partial charge in [-0.2, -0.15) is 4.68 Å². The summed E-state index contributed by atoms with van der Waals surface area (Å²) in [6, 6.07) is 2.51. The number of aryl methyl sites for hydroxylation is 1. The molecule has 0 aliphatic rings. The first-order valence-corrected chi connectivity index (χ1v) is 5.33. The third-order valence-corrected chi connectivity index (χ3v) is 2.52. The van der Waals surface area contributed by atoms with E-state index >= 15 is 0 Å². The average molecular weight is 259 g/mol. The molecule has 1 heterocycles. The molecule has 17 heavy (non-hydrogen) atoms. The van der Waals surface area contributed by atoms with Gasteiger partial charge in [0.25, 0.3) is 0 Å². The molecule has 0 aliphatic heterocycles. The van der Waals surface area contributed by atoms with Gasteiger partial charge in [0.15, 0.2) is 17.5 Å². The molecule has 1 aromatic heterocycles. The second-order valence-electron chi connectivity index (χ2n) is 3.59. The maximum absolute atomic E-state index is 13.9. The zero-order valence-corrected chi connectivity index (χ0v) is 9.91. The topological polar surface area (TPSA) is 43.6 Å². The Kier molecular flexibility index (Phi) is 3.06. The van der Waals surface area contributed by atoms with Gasteiger partial charge in [-0.3, -0.25) is 0 Å².